The van der Waals surface area contributed by atoms with Gasteiger partial charge >= 0.3 is 0 Å². The van der Waals surface area contributed by atoms with Crippen LogP contribution < -0.4 is 5.32 Å². The average Bonchev–Trinajstić information content (AvgIpc) is 3.28. The maximum Gasteiger partial charge on any atom is 0.256 e. The summed E-state index contributed by atoms with van der Waals surface area (Å²) < 4.78 is 16.3. The van der Waals surface area contributed by atoms with Crippen molar-refractivity contribution in [1.82, 2.24) is 19.8 Å². The topological polar surface area (TPSA) is 50.2 Å². The Balaban J connectivity index is 1.54. The van der Waals surface area contributed by atoms with Crippen molar-refractivity contribution in [1.29, 1.82) is 0 Å². The fourth-order valence-electron chi connectivity index (χ4n) is 5.28. The molecule has 5 nitrogen and oxygen atoms in total. The van der Waals surface area contributed by atoms with Crippen LogP contribution in [0.15, 0.2) is 73.2 Å². The molecule has 4 aromatic rings. The van der Waals surface area contributed by atoms with Gasteiger partial charge in [-0.2, -0.15) is 0 Å². The summed E-state index contributed by atoms with van der Waals surface area (Å²) in [6, 6.07) is 17.5. The number of piperidine rings is 1. The van der Waals surface area contributed by atoms with E-state index < -0.39 is 5.82 Å². The monoisotopic (exact) mass is 484 g/mol. The highest BCUT2D eigenvalue weighted by atomic mass is 19.1. The van der Waals surface area contributed by atoms with Gasteiger partial charge in [0.25, 0.3) is 5.91 Å². The van der Waals surface area contributed by atoms with Gasteiger partial charge in [-0.1, -0.05) is 30.3 Å². The Morgan fingerprint density at radius 2 is 2.00 bits per heavy atom. The van der Waals surface area contributed by atoms with Gasteiger partial charge in [-0.3, -0.25) is 9.78 Å². The van der Waals surface area contributed by atoms with Crippen LogP contribution in [0.3, 0.4) is 0 Å². The summed E-state index contributed by atoms with van der Waals surface area (Å²) in [6.45, 7) is 4.86. The molecule has 3 heterocycles. The summed E-state index contributed by atoms with van der Waals surface area (Å²) in [7, 11) is 1.75. The van der Waals surface area contributed by atoms with Gasteiger partial charge in [0, 0.05) is 36.9 Å². The minimum atomic E-state index is -0.420. The highest BCUT2D eigenvalue weighted by Gasteiger charge is 2.27. The molecule has 6 heteroatoms. The molecular formula is C30H33FN4O. The van der Waals surface area contributed by atoms with Crippen LogP contribution in [0.2, 0.25) is 0 Å². The highest BCUT2D eigenvalue weighted by Crippen LogP contribution is 2.36. The van der Waals surface area contributed by atoms with Gasteiger partial charge in [-0.25, -0.2) is 4.39 Å². The van der Waals surface area contributed by atoms with E-state index in [-0.39, 0.29) is 11.9 Å². The lowest BCUT2D eigenvalue weighted by Gasteiger charge is -2.30. The normalized spacial score (nSPS) is 18.0. The number of carbonyl (C=O) groups is 1. The molecule has 1 amide bonds. The Morgan fingerprint density at radius 1 is 1.19 bits per heavy atom. The van der Waals surface area contributed by atoms with Crippen LogP contribution in [0.5, 0.6) is 0 Å². The Kier molecular flexibility index (Phi) is 6.88. The molecule has 0 aliphatic carbocycles. The number of carbonyl (C=O) groups excluding carboxylic acids is 1. The van der Waals surface area contributed by atoms with E-state index in [0.717, 1.165) is 36.7 Å². The summed E-state index contributed by atoms with van der Waals surface area (Å²) in [5, 5.41) is 4.83. The second-order valence-corrected chi connectivity index (χ2v) is 10.1. The number of benzene rings is 2. The first-order valence-corrected chi connectivity index (χ1v) is 12.7. The summed E-state index contributed by atoms with van der Waals surface area (Å²) in [4.78, 5) is 19.3. The first-order chi connectivity index (χ1) is 17.4. The van der Waals surface area contributed by atoms with Crippen molar-refractivity contribution < 1.29 is 9.18 Å². The van der Waals surface area contributed by atoms with Crippen LogP contribution in [0, 0.1) is 5.82 Å². The molecule has 1 aliphatic rings. The number of fused-ring (bicyclic) bond motifs is 1. The number of amides is 1. The van der Waals surface area contributed by atoms with Gasteiger partial charge in [0.05, 0.1) is 23.0 Å². The number of halogens is 1. The number of nitrogens with one attached hydrogen (secondary N) is 1. The molecule has 2 aromatic heterocycles. The average molecular weight is 485 g/mol. The minimum Gasteiger partial charge on any atom is -0.339 e. The molecule has 1 saturated heterocycles. The molecule has 5 rings (SSSR count). The van der Waals surface area contributed by atoms with Gasteiger partial charge in [-0.15, -0.1) is 0 Å². The number of aromatic nitrogens is 2. The first-order valence-electron chi connectivity index (χ1n) is 12.7. The van der Waals surface area contributed by atoms with E-state index in [1.54, 1.807) is 18.0 Å². The van der Waals surface area contributed by atoms with Crippen molar-refractivity contribution in [2.45, 2.75) is 51.1 Å². The van der Waals surface area contributed by atoms with Gasteiger partial charge in [0.2, 0.25) is 0 Å². The van der Waals surface area contributed by atoms with E-state index in [1.165, 1.54) is 23.3 Å². The molecule has 186 valence electrons. The van der Waals surface area contributed by atoms with E-state index in [0.29, 0.717) is 23.2 Å². The van der Waals surface area contributed by atoms with Crippen molar-refractivity contribution in [3.63, 3.8) is 0 Å². The second kappa shape index (κ2) is 10.2. The molecule has 2 unspecified atom stereocenters. The lowest BCUT2D eigenvalue weighted by Crippen LogP contribution is -2.38. The predicted octanol–water partition coefficient (Wildman–Crippen LogP) is 5.72. The van der Waals surface area contributed by atoms with E-state index in [1.807, 2.05) is 30.8 Å². The van der Waals surface area contributed by atoms with Crippen molar-refractivity contribution in [3.8, 4) is 5.69 Å². The van der Waals surface area contributed by atoms with Crippen LogP contribution in [0.1, 0.15) is 54.1 Å². The van der Waals surface area contributed by atoms with Crippen LogP contribution in [-0.4, -0.2) is 46.0 Å². The number of hydrogen-bond donors (Lipinski definition) is 1. The van der Waals surface area contributed by atoms with Crippen molar-refractivity contribution >= 4 is 16.8 Å². The zero-order chi connectivity index (χ0) is 25.2. The van der Waals surface area contributed by atoms with Crippen molar-refractivity contribution in [2.24, 2.45) is 0 Å². The quantitative estimate of drug-likeness (QED) is 0.381. The standard InChI is InChI=1S/C30H33FN4O/c1-20(2)34(3)30(36)26-17-23(31)9-10-28(26)35-19-27(25-12-13-32-18-29(25)35)22-11-14-33-24(16-22)15-21-7-5-4-6-8-21/h4-10,12-13,17-20,22,24,33H,11,14-16H2,1-3H3. The molecule has 36 heavy (non-hydrogen) atoms. The van der Waals surface area contributed by atoms with Gasteiger partial charge in [0.15, 0.2) is 0 Å². The Bertz CT molecular complexity index is 1360. The van der Waals surface area contributed by atoms with Crippen LogP contribution in [0.4, 0.5) is 4.39 Å². The van der Waals surface area contributed by atoms with Crippen molar-refractivity contribution in [2.75, 3.05) is 13.6 Å². The number of hydrogen-bond acceptors (Lipinski definition) is 3. The summed E-state index contributed by atoms with van der Waals surface area (Å²) in [5.74, 6) is -0.239. The second-order valence-electron chi connectivity index (χ2n) is 10.1. The van der Waals surface area contributed by atoms with Crippen LogP contribution in [-0.2, 0) is 6.42 Å². The number of pyridine rings is 1. The third-order valence-corrected chi connectivity index (χ3v) is 7.44. The molecule has 2 aromatic carbocycles. The molecule has 1 fully saturated rings. The summed E-state index contributed by atoms with van der Waals surface area (Å²) >= 11 is 0. The first kappa shape index (κ1) is 24.2. The van der Waals surface area contributed by atoms with Crippen molar-refractivity contribution in [3.05, 3.63) is 95.7 Å². The van der Waals surface area contributed by atoms with E-state index >= 15 is 0 Å². The lowest BCUT2D eigenvalue weighted by molar-refractivity contribution is 0.0754. The third kappa shape index (κ3) is 4.78. The van der Waals surface area contributed by atoms with E-state index in [2.05, 4.69) is 52.9 Å². The summed E-state index contributed by atoms with van der Waals surface area (Å²) in [6.07, 6.45) is 8.86. The zero-order valence-corrected chi connectivity index (χ0v) is 21.1. The molecule has 1 aliphatic heterocycles. The van der Waals surface area contributed by atoms with Gasteiger partial charge in [-0.05, 0) is 81.0 Å². The van der Waals surface area contributed by atoms with Gasteiger partial charge in [0.1, 0.15) is 5.82 Å². The van der Waals surface area contributed by atoms with E-state index in [9.17, 15) is 9.18 Å². The Hall–Kier alpha value is -3.51. The molecule has 0 saturated carbocycles. The molecule has 1 N–H and O–H groups in total. The Morgan fingerprint density at radius 3 is 2.78 bits per heavy atom. The molecule has 0 spiro atoms. The predicted molar refractivity (Wildman–Crippen MR) is 142 cm³/mol. The fourth-order valence-corrected chi connectivity index (χ4v) is 5.28. The smallest absolute Gasteiger partial charge is 0.256 e. The number of nitrogens with zero attached hydrogens (tertiary/aromatic N) is 3. The molecular weight excluding hydrogens is 451 g/mol. The maximum absolute atomic E-state index is 14.3. The summed E-state index contributed by atoms with van der Waals surface area (Å²) in [5.41, 5.74) is 4.55. The largest absolute Gasteiger partial charge is 0.339 e. The Labute approximate surface area is 212 Å². The minimum absolute atomic E-state index is 0.00328. The molecule has 0 radical (unpaired) electrons. The zero-order valence-electron chi connectivity index (χ0n) is 21.1. The SMILES string of the molecule is CC(C)N(C)C(=O)c1cc(F)ccc1-n1cc(C2CCNC(Cc3ccccc3)C2)c2ccncc21. The van der Waals surface area contributed by atoms with Crippen LogP contribution >= 0.6 is 0 Å². The maximum atomic E-state index is 14.3. The van der Waals surface area contributed by atoms with E-state index in [4.69, 9.17) is 0 Å². The van der Waals surface area contributed by atoms with Gasteiger partial charge < -0.3 is 14.8 Å². The molecule has 0 bridgehead atoms. The van der Waals surface area contributed by atoms with Crippen LogP contribution in [0.25, 0.3) is 16.6 Å². The third-order valence-electron chi connectivity index (χ3n) is 7.44. The fraction of sp³-hybridized carbons (Fsp3) is 0.333. The number of rotatable bonds is 6. The highest BCUT2D eigenvalue weighted by molar-refractivity contribution is 5.99. The lowest BCUT2D eigenvalue weighted by atomic mass is 9.84. The molecule has 2 atom stereocenters.